The maximum absolute atomic E-state index is 14.6. The molecule has 1 amide bonds. The Morgan fingerprint density at radius 1 is 1.17 bits per heavy atom. The number of likely N-dealkylation sites (N-methyl/N-ethyl adjacent to an activating group) is 1. The number of benzene rings is 1. The van der Waals surface area contributed by atoms with Crippen molar-refractivity contribution >= 4 is 23.2 Å². The molecule has 230 valence electrons. The van der Waals surface area contributed by atoms with Gasteiger partial charge in [-0.2, -0.15) is 13.2 Å². The van der Waals surface area contributed by atoms with E-state index in [2.05, 4.69) is 5.32 Å². The molecule has 13 heteroatoms. The van der Waals surface area contributed by atoms with Crippen molar-refractivity contribution in [3.63, 3.8) is 0 Å². The smallest absolute Gasteiger partial charge is 0.417 e. The summed E-state index contributed by atoms with van der Waals surface area (Å²) in [5, 5.41) is 47.5. The Balaban J connectivity index is 1.89. The lowest BCUT2D eigenvalue weighted by Crippen LogP contribution is -2.65. The van der Waals surface area contributed by atoms with Gasteiger partial charge in [0.2, 0.25) is 5.78 Å². The Labute approximate surface area is 240 Å². The first-order chi connectivity index (χ1) is 19.2. The van der Waals surface area contributed by atoms with Crippen LogP contribution in [0.2, 0.25) is 0 Å². The third kappa shape index (κ3) is 4.96. The van der Waals surface area contributed by atoms with Crippen LogP contribution in [0, 0.1) is 17.3 Å². The number of halogens is 3. The molecular weight excluding hydrogens is 559 g/mol. The minimum absolute atomic E-state index is 0.0625. The summed E-state index contributed by atoms with van der Waals surface area (Å²) in [5.41, 5.74) is -1.44. The van der Waals surface area contributed by atoms with Crippen molar-refractivity contribution in [2.75, 3.05) is 20.6 Å². The summed E-state index contributed by atoms with van der Waals surface area (Å²) in [4.78, 5) is 40.4. The van der Waals surface area contributed by atoms with Gasteiger partial charge in [-0.15, -0.1) is 0 Å². The number of hydrogen-bond acceptors (Lipinski definition) is 9. The number of primary amides is 1. The van der Waals surface area contributed by atoms with Crippen molar-refractivity contribution in [1.82, 2.24) is 10.2 Å². The number of phenolic OH excluding ortho intramolecular Hbond substituents is 1. The van der Waals surface area contributed by atoms with Gasteiger partial charge in [0.15, 0.2) is 11.4 Å². The number of rotatable bonds is 6. The van der Waals surface area contributed by atoms with E-state index in [1.165, 1.54) is 19.0 Å². The SMILES string of the molecule is CN(C)[C@@H]1C(=O)C(C(N)=O)=C(O)[C@@]2(O)C(=O)C3=C(O)c4c(O)cc(CNCCC(C)(C)C)c(C(F)(F)F)c4C[C@H]3C[C@@H]12. The van der Waals surface area contributed by atoms with Crippen LogP contribution in [-0.2, 0) is 33.5 Å². The monoisotopic (exact) mass is 595 g/mol. The molecule has 0 unspecified atom stereocenters. The van der Waals surface area contributed by atoms with Crippen LogP contribution in [0.1, 0.15) is 55.9 Å². The van der Waals surface area contributed by atoms with E-state index in [0.717, 1.165) is 6.07 Å². The number of carbonyl (C=O) groups is 3. The molecule has 7 N–H and O–H groups in total. The molecule has 0 spiro atoms. The second kappa shape index (κ2) is 10.4. The number of Topliss-reactive ketones (excluding diaryl/α,β-unsaturated/α-hetero) is 2. The molecule has 4 atom stereocenters. The zero-order chi connectivity index (χ0) is 31.7. The van der Waals surface area contributed by atoms with Gasteiger partial charge in [-0.05, 0) is 68.4 Å². The molecule has 42 heavy (non-hydrogen) atoms. The van der Waals surface area contributed by atoms with Crippen LogP contribution in [0.15, 0.2) is 23.0 Å². The minimum Gasteiger partial charge on any atom is -0.508 e. The molecule has 1 fully saturated rings. The van der Waals surface area contributed by atoms with E-state index < -0.39 is 98.7 Å². The molecule has 0 aromatic heterocycles. The van der Waals surface area contributed by atoms with Crippen molar-refractivity contribution in [1.29, 1.82) is 0 Å². The molecule has 3 aliphatic carbocycles. The van der Waals surface area contributed by atoms with Crippen LogP contribution in [0.5, 0.6) is 5.75 Å². The normalized spacial score (nSPS) is 26.4. The number of fused-ring (bicyclic) bond motifs is 3. The van der Waals surface area contributed by atoms with Gasteiger partial charge in [0.1, 0.15) is 22.8 Å². The van der Waals surface area contributed by atoms with Crippen molar-refractivity contribution < 1.29 is 48.0 Å². The Hall–Kier alpha value is -3.42. The van der Waals surface area contributed by atoms with E-state index in [4.69, 9.17) is 5.73 Å². The van der Waals surface area contributed by atoms with E-state index in [0.29, 0.717) is 13.0 Å². The lowest BCUT2D eigenvalue weighted by atomic mass is 9.57. The van der Waals surface area contributed by atoms with E-state index >= 15 is 0 Å². The number of aliphatic hydroxyl groups excluding tert-OH is 2. The molecule has 10 nitrogen and oxygen atoms in total. The van der Waals surface area contributed by atoms with Crippen LogP contribution in [0.4, 0.5) is 13.2 Å². The third-order valence-corrected chi connectivity index (χ3v) is 8.46. The van der Waals surface area contributed by atoms with E-state index in [1.54, 1.807) is 0 Å². The van der Waals surface area contributed by atoms with E-state index in [-0.39, 0.29) is 23.9 Å². The van der Waals surface area contributed by atoms with Gasteiger partial charge < -0.3 is 31.5 Å². The summed E-state index contributed by atoms with van der Waals surface area (Å²) in [6.07, 6.45) is -4.97. The van der Waals surface area contributed by atoms with Crippen molar-refractivity contribution in [2.24, 2.45) is 23.0 Å². The summed E-state index contributed by atoms with van der Waals surface area (Å²) in [5.74, 6) is -9.05. The number of nitrogens with zero attached hydrogens (tertiary/aromatic N) is 1. The van der Waals surface area contributed by atoms with Crippen molar-refractivity contribution in [2.45, 2.75) is 64.4 Å². The van der Waals surface area contributed by atoms with Crippen LogP contribution in [0.3, 0.4) is 0 Å². The molecule has 0 radical (unpaired) electrons. The number of hydrogen-bond donors (Lipinski definition) is 6. The second-order valence-corrected chi connectivity index (χ2v) is 12.7. The topological polar surface area (TPSA) is 173 Å². The molecule has 0 bridgehead atoms. The number of amides is 1. The highest BCUT2D eigenvalue weighted by Gasteiger charge is 2.64. The maximum atomic E-state index is 14.6. The highest BCUT2D eigenvalue weighted by atomic mass is 19.4. The van der Waals surface area contributed by atoms with Crippen LogP contribution in [0.25, 0.3) is 5.76 Å². The fourth-order valence-electron chi connectivity index (χ4n) is 6.56. The van der Waals surface area contributed by atoms with Gasteiger partial charge in [-0.25, -0.2) is 0 Å². The highest BCUT2D eigenvalue weighted by Crippen LogP contribution is 2.54. The van der Waals surface area contributed by atoms with Crippen molar-refractivity contribution in [3.05, 3.63) is 45.2 Å². The maximum Gasteiger partial charge on any atom is 0.417 e. The van der Waals surface area contributed by atoms with Crippen molar-refractivity contribution in [3.8, 4) is 5.75 Å². The Morgan fingerprint density at radius 3 is 2.31 bits per heavy atom. The first-order valence-corrected chi connectivity index (χ1v) is 13.5. The Morgan fingerprint density at radius 2 is 1.79 bits per heavy atom. The molecule has 0 aliphatic heterocycles. The van der Waals surface area contributed by atoms with Gasteiger partial charge in [0, 0.05) is 18.0 Å². The summed E-state index contributed by atoms with van der Waals surface area (Å²) in [7, 11) is 2.87. The molecule has 3 aliphatic rings. The summed E-state index contributed by atoms with van der Waals surface area (Å²) in [6, 6.07) is -0.450. The summed E-state index contributed by atoms with van der Waals surface area (Å²) < 4.78 is 43.7. The number of nitrogens with one attached hydrogen (secondary N) is 1. The fraction of sp³-hybridized carbons (Fsp3) is 0.552. The number of alkyl halides is 3. The molecule has 0 heterocycles. The third-order valence-electron chi connectivity index (χ3n) is 8.46. The number of ketones is 2. The van der Waals surface area contributed by atoms with Gasteiger partial charge in [-0.3, -0.25) is 19.3 Å². The minimum atomic E-state index is -4.89. The Bertz CT molecular complexity index is 1420. The summed E-state index contributed by atoms with van der Waals surface area (Å²) in [6.45, 7) is 6.16. The highest BCUT2D eigenvalue weighted by molar-refractivity contribution is 6.24. The number of aliphatic hydroxyl groups is 3. The second-order valence-electron chi connectivity index (χ2n) is 12.7. The first-order valence-electron chi connectivity index (χ1n) is 13.5. The first kappa shape index (κ1) is 31.5. The molecule has 1 saturated carbocycles. The molecule has 0 saturated heterocycles. The zero-order valence-corrected chi connectivity index (χ0v) is 24.0. The molecule has 4 rings (SSSR count). The molecular formula is C29H36F3N3O7. The lowest BCUT2D eigenvalue weighted by Gasteiger charge is -2.50. The average molecular weight is 596 g/mol. The Kier molecular flexibility index (Phi) is 7.79. The number of nitrogens with two attached hydrogens (primary N) is 1. The van der Waals surface area contributed by atoms with Gasteiger partial charge in [0.05, 0.1) is 17.2 Å². The average Bonchev–Trinajstić information content (AvgIpc) is 2.82. The standard InChI is InChI=1S/C29H36F3N3O7/c1-27(2,3)6-7-34-11-13-10-16(36)18-14(20(13)29(30,31)32)8-12-9-15-21(35(4)5)23(38)19(26(33)41)25(40)28(15,42)24(39)17(12)22(18)37/h10,12,15,21,34,36-37,40,42H,6-9,11H2,1-5H3,(H2,33,41)/t12-,15-,21-,28-/m0/s1. The van der Waals surface area contributed by atoms with Crippen LogP contribution < -0.4 is 11.1 Å². The van der Waals surface area contributed by atoms with Gasteiger partial charge in [-0.1, -0.05) is 20.8 Å². The fourth-order valence-corrected chi connectivity index (χ4v) is 6.56. The number of phenols is 1. The van der Waals surface area contributed by atoms with Crippen LogP contribution >= 0.6 is 0 Å². The predicted octanol–water partition coefficient (Wildman–Crippen LogP) is 2.51. The number of aromatic hydroxyl groups is 1. The predicted molar refractivity (Wildman–Crippen MR) is 145 cm³/mol. The van der Waals surface area contributed by atoms with E-state index in [9.17, 15) is 48.0 Å². The number of carbonyl (C=O) groups excluding carboxylic acids is 3. The van der Waals surface area contributed by atoms with Crippen LogP contribution in [-0.4, -0.2) is 75.1 Å². The largest absolute Gasteiger partial charge is 0.508 e. The molecule has 1 aromatic carbocycles. The summed E-state index contributed by atoms with van der Waals surface area (Å²) >= 11 is 0. The quantitative estimate of drug-likeness (QED) is 0.213. The van der Waals surface area contributed by atoms with Gasteiger partial charge in [0.25, 0.3) is 5.91 Å². The lowest BCUT2D eigenvalue weighted by molar-refractivity contribution is -0.153. The molecule has 1 aromatic rings. The zero-order valence-electron chi connectivity index (χ0n) is 24.0. The van der Waals surface area contributed by atoms with E-state index in [1.807, 2.05) is 20.8 Å². The van der Waals surface area contributed by atoms with Gasteiger partial charge >= 0.3 is 6.18 Å².